The SMILES string of the molecule is COc1cc(C)cc(-n2c3cnccc3c3c4ccc5ccc(-c6ccccc6)c6ccc(cc32)c4c56)c1. The molecular weight excluding hydrogens is 464 g/mol. The third kappa shape index (κ3) is 2.87. The highest BCUT2D eigenvalue weighted by atomic mass is 16.5. The van der Waals surface area contributed by atoms with Crippen LogP contribution in [0.15, 0.2) is 109 Å². The van der Waals surface area contributed by atoms with Gasteiger partial charge in [-0.05, 0) is 80.2 Å². The Hall–Kier alpha value is -4.89. The second-order valence-electron chi connectivity index (χ2n) is 10.1. The highest BCUT2D eigenvalue weighted by molar-refractivity contribution is 6.34. The van der Waals surface area contributed by atoms with E-state index in [-0.39, 0.29) is 0 Å². The van der Waals surface area contributed by atoms with Crippen molar-refractivity contribution in [1.82, 2.24) is 9.55 Å². The van der Waals surface area contributed by atoms with Crippen molar-refractivity contribution < 1.29 is 4.74 Å². The zero-order valence-electron chi connectivity index (χ0n) is 21.2. The van der Waals surface area contributed by atoms with Crippen molar-refractivity contribution >= 4 is 54.1 Å². The summed E-state index contributed by atoms with van der Waals surface area (Å²) < 4.78 is 7.97. The Morgan fingerprint density at radius 2 is 1.45 bits per heavy atom. The second kappa shape index (κ2) is 7.80. The lowest BCUT2D eigenvalue weighted by molar-refractivity contribution is 0.414. The highest BCUT2D eigenvalue weighted by Crippen LogP contribution is 2.44. The molecule has 0 aliphatic carbocycles. The molecule has 0 spiro atoms. The van der Waals surface area contributed by atoms with Crippen LogP contribution in [0.3, 0.4) is 0 Å². The van der Waals surface area contributed by atoms with E-state index in [1.807, 2.05) is 12.4 Å². The topological polar surface area (TPSA) is 27.1 Å². The minimum Gasteiger partial charge on any atom is -0.497 e. The molecule has 38 heavy (non-hydrogen) atoms. The number of methoxy groups -OCH3 is 1. The Balaban J connectivity index is 1.55. The standard InChI is InChI=1S/C35H24N2O/c1-21-16-25(19-26(17-21)38-2)37-31-18-24-10-12-28-27(22-6-4-3-5-7-22)11-8-23-9-13-30(34(24)33(23)28)35(31)29-14-15-36-20-32(29)37/h3-20H,1-2H3. The molecule has 6 aromatic carbocycles. The van der Waals surface area contributed by atoms with Gasteiger partial charge in [0.2, 0.25) is 0 Å². The summed E-state index contributed by atoms with van der Waals surface area (Å²) in [4.78, 5) is 4.52. The van der Waals surface area contributed by atoms with E-state index >= 15 is 0 Å². The van der Waals surface area contributed by atoms with Crippen molar-refractivity contribution in [2.75, 3.05) is 7.11 Å². The van der Waals surface area contributed by atoms with Gasteiger partial charge < -0.3 is 9.30 Å². The number of ether oxygens (including phenoxy) is 1. The summed E-state index contributed by atoms with van der Waals surface area (Å²) in [5.41, 5.74) is 7.01. The van der Waals surface area contributed by atoms with E-state index < -0.39 is 0 Å². The molecule has 180 valence electrons. The van der Waals surface area contributed by atoms with Gasteiger partial charge in [0.15, 0.2) is 0 Å². The average molecular weight is 489 g/mol. The zero-order valence-corrected chi connectivity index (χ0v) is 21.2. The molecule has 0 N–H and O–H groups in total. The fourth-order valence-electron chi connectivity index (χ4n) is 6.35. The predicted octanol–water partition coefficient (Wildman–Crippen LogP) is 9.06. The Morgan fingerprint density at radius 1 is 0.658 bits per heavy atom. The molecule has 0 radical (unpaired) electrons. The van der Waals surface area contributed by atoms with Gasteiger partial charge in [-0.2, -0.15) is 0 Å². The number of aromatic nitrogens is 2. The first-order valence-electron chi connectivity index (χ1n) is 12.9. The van der Waals surface area contributed by atoms with Gasteiger partial charge in [0.05, 0.1) is 30.0 Å². The monoisotopic (exact) mass is 488 g/mol. The quantitative estimate of drug-likeness (QED) is 0.232. The number of benzene rings is 6. The molecule has 0 aliphatic rings. The Morgan fingerprint density at radius 3 is 2.32 bits per heavy atom. The van der Waals surface area contributed by atoms with E-state index in [1.54, 1.807) is 7.11 Å². The van der Waals surface area contributed by atoms with Crippen LogP contribution in [-0.2, 0) is 0 Å². The molecule has 0 amide bonds. The van der Waals surface area contributed by atoms with Crippen molar-refractivity contribution in [3.63, 3.8) is 0 Å². The van der Waals surface area contributed by atoms with Gasteiger partial charge >= 0.3 is 0 Å². The number of rotatable bonds is 3. The van der Waals surface area contributed by atoms with Gasteiger partial charge in [0, 0.05) is 23.0 Å². The van der Waals surface area contributed by atoms with E-state index in [0.717, 1.165) is 22.5 Å². The Labute approximate surface area is 219 Å². The first kappa shape index (κ1) is 21.2. The maximum atomic E-state index is 5.64. The minimum atomic E-state index is 0.852. The summed E-state index contributed by atoms with van der Waals surface area (Å²) in [6, 6.07) is 35.2. The molecule has 0 saturated carbocycles. The van der Waals surface area contributed by atoms with Gasteiger partial charge in [-0.3, -0.25) is 4.98 Å². The van der Waals surface area contributed by atoms with Crippen molar-refractivity contribution in [2.45, 2.75) is 6.92 Å². The molecule has 0 saturated heterocycles. The van der Waals surface area contributed by atoms with Crippen molar-refractivity contribution in [1.29, 1.82) is 0 Å². The number of fused-ring (bicyclic) bond motifs is 4. The largest absolute Gasteiger partial charge is 0.497 e. The van der Waals surface area contributed by atoms with E-state index in [2.05, 4.69) is 114 Å². The minimum absolute atomic E-state index is 0.852. The van der Waals surface area contributed by atoms with E-state index in [9.17, 15) is 0 Å². The average Bonchev–Trinajstić information content (AvgIpc) is 3.29. The van der Waals surface area contributed by atoms with Crippen LogP contribution in [0.1, 0.15) is 5.56 Å². The van der Waals surface area contributed by atoms with Crippen LogP contribution in [0.2, 0.25) is 0 Å². The molecule has 0 bridgehead atoms. The predicted molar refractivity (Wildman–Crippen MR) is 159 cm³/mol. The number of hydrogen-bond donors (Lipinski definition) is 0. The highest BCUT2D eigenvalue weighted by Gasteiger charge is 2.20. The van der Waals surface area contributed by atoms with Crippen LogP contribution in [0.5, 0.6) is 5.75 Å². The Kier molecular flexibility index (Phi) is 4.36. The summed E-state index contributed by atoms with van der Waals surface area (Å²) in [6.07, 6.45) is 3.87. The van der Waals surface area contributed by atoms with Gasteiger partial charge in [0.1, 0.15) is 5.75 Å². The summed E-state index contributed by atoms with van der Waals surface area (Å²) in [6.45, 7) is 2.11. The zero-order chi connectivity index (χ0) is 25.4. The van der Waals surface area contributed by atoms with Crippen LogP contribution in [-0.4, -0.2) is 16.7 Å². The normalized spacial score (nSPS) is 11.9. The lowest BCUT2D eigenvalue weighted by Crippen LogP contribution is -1.96. The summed E-state index contributed by atoms with van der Waals surface area (Å²) in [7, 11) is 1.72. The number of hydrogen-bond acceptors (Lipinski definition) is 2. The van der Waals surface area contributed by atoms with Crippen LogP contribution in [0, 0.1) is 6.92 Å². The van der Waals surface area contributed by atoms with Gasteiger partial charge in [0.25, 0.3) is 0 Å². The van der Waals surface area contributed by atoms with Gasteiger partial charge in [-0.25, -0.2) is 0 Å². The van der Waals surface area contributed by atoms with Gasteiger partial charge in [-0.1, -0.05) is 66.7 Å². The summed E-state index contributed by atoms with van der Waals surface area (Å²) in [5.74, 6) is 0.852. The molecule has 0 fully saturated rings. The van der Waals surface area contributed by atoms with Crippen LogP contribution in [0.25, 0.3) is 70.9 Å². The first-order valence-corrected chi connectivity index (χ1v) is 12.9. The maximum Gasteiger partial charge on any atom is 0.121 e. The second-order valence-corrected chi connectivity index (χ2v) is 10.1. The molecule has 0 aliphatic heterocycles. The van der Waals surface area contributed by atoms with Crippen molar-refractivity contribution in [3.8, 4) is 22.6 Å². The summed E-state index contributed by atoms with van der Waals surface area (Å²) >= 11 is 0. The van der Waals surface area contributed by atoms with E-state index in [4.69, 9.17) is 4.74 Å². The van der Waals surface area contributed by atoms with E-state index in [0.29, 0.717) is 0 Å². The number of nitrogens with zero attached hydrogens (tertiary/aromatic N) is 2. The fourth-order valence-corrected chi connectivity index (χ4v) is 6.35. The fraction of sp³-hybridized carbons (Fsp3) is 0.0571. The summed E-state index contributed by atoms with van der Waals surface area (Å²) in [5, 5.41) is 10.2. The lowest BCUT2D eigenvalue weighted by atomic mass is 9.88. The third-order valence-electron chi connectivity index (χ3n) is 7.93. The lowest BCUT2D eigenvalue weighted by Gasteiger charge is -2.16. The molecular formula is C35H24N2O. The number of aryl methyl sites for hydroxylation is 1. The van der Waals surface area contributed by atoms with Crippen LogP contribution < -0.4 is 4.74 Å². The molecule has 3 nitrogen and oxygen atoms in total. The van der Waals surface area contributed by atoms with E-state index in [1.165, 1.54) is 59.7 Å². The Bertz CT molecular complexity index is 2170. The number of pyridine rings is 1. The molecule has 8 rings (SSSR count). The maximum absolute atomic E-state index is 5.64. The van der Waals surface area contributed by atoms with Crippen molar-refractivity contribution in [3.05, 3.63) is 115 Å². The molecule has 8 aromatic rings. The molecule has 2 aromatic heterocycles. The first-order chi connectivity index (χ1) is 18.7. The van der Waals surface area contributed by atoms with Crippen LogP contribution in [0.4, 0.5) is 0 Å². The van der Waals surface area contributed by atoms with Gasteiger partial charge in [-0.15, -0.1) is 0 Å². The van der Waals surface area contributed by atoms with Crippen LogP contribution >= 0.6 is 0 Å². The third-order valence-corrected chi connectivity index (χ3v) is 7.93. The smallest absolute Gasteiger partial charge is 0.121 e. The molecule has 0 atom stereocenters. The van der Waals surface area contributed by atoms with Crippen molar-refractivity contribution in [2.24, 2.45) is 0 Å². The molecule has 0 unspecified atom stereocenters. The molecule has 2 heterocycles. The molecule has 3 heteroatoms.